The summed E-state index contributed by atoms with van der Waals surface area (Å²) in [4.78, 5) is 0. The number of hydrogen-bond acceptors (Lipinski definition) is 23. The Morgan fingerprint density at radius 3 is 0.586 bits per heavy atom. The van der Waals surface area contributed by atoms with E-state index in [-0.39, 0.29) is 23.7 Å². The molecule has 4 aliphatic heterocycles. The predicted octanol–water partition coefficient (Wildman–Crippen LogP) is 18.1. The Morgan fingerprint density at radius 2 is 0.387 bits per heavy atom. The van der Waals surface area contributed by atoms with Gasteiger partial charge in [-0.3, -0.25) is 0 Å². The molecule has 0 N–H and O–H groups in total. The minimum absolute atomic E-state index is 0.149. The van der Waals surface area contributed by atoms with Crippen molar-refractivity contribution in [2.45, 2.75) is 112 Å². The number of fused-ring (bicyclic) bond motifs is 4. The van der Waals surface area contributed by atoms with Crippen LogP contribution in [-0.4, -0.2) is 152 Å². The van der Waals surface area contributed by atoms with Gasteiger partial charge in [0.15, 0.2) is 80.5 Å². The molecule has 0 radical (unpaired) electrons. The molecule has 0 fully saturated rings. The Balaban J connectivity index is 0.000000170. The molecule has 23 heteroatoms. The maximum absolute atomic E-state index is 5.54. The molecular weight excluding hydrogens is 1410 g/mol. The molecule has 0 aliphatic carbocycles. The molecule has 4 atom stereocenters. The smallest absolute Gasteiger partial charge is 0.161 e. The van der Waals surface area contributed by atoms with Gasteiger partial charge in [-0.1, -0.05) is 39.8 Å². The van der Waals surface area contributed by atoms with Gasteiger partial charge in [0.25, 0.3) is 0 Å². The minimum atomic E-state index is 0.149. The van der Waals surface area contributed by atoms with Gasteiger partial charge >= 0.3 is 0 Å². The molecule has 8 aromatic rings. The van der Waals surface area contributed by atoms with Gasteiger partial charge in [-0.25, -0.2) is 0 Å². The van der Waals surface area contributed by atoms with Gasteiger partial charge in [-0.05, 0) is 197 Å². The largest absolute Gasteiger partial charge is 0.496 e. The maximum atomic E-state index is 5.54. The zero-order valence-corrected chi connectivity index (χ0v) is 68.4. The first-order chi connectivity index (χ1) is 53.7. The molecule has 12 rings (SSSR count). The van der Waals surface area contributed by atoms with Crippen LogP contribution >= 0.6 is 0 Å². The van der Waals surface area contributed by atoms with Crippen molar-refractivity contribution in [2.75, 3.05) is 107 Å². The summed E-state index contributed by atoms with van der Waals surface area (Å²) in [5.74, 6) is 10.8. The molecule has 0 saturated carbocycles. The van der Waals surface area contributed by atoms with Crippen molar-refractivity contribution in [2.24, 2.45) is 40.8 Å². The summed E-state index contributed by atoms with van der Waals surface area (Å²) < 4.78 is 82.3. The lowest BCUT2D eigenvalue weighted by Gasteiger charge is -2.20. The third kappa shape index (κ3) is 17.7. The Labute approximate surface area is 652 Å². The fraction of sp³-hybridized carbons (Fsp3) is 0.364. The molecule has 0 unspecified atom stereocenters. The molecule has 586 valence electrons. The summed E-state index contributed by atoms with van der Waals surface area (Å²) >= 11 is 0. The molecule has 4 aliphatic rings. The van der Waals surface area contributed by atoms with E-state index in [2.05, 4.69) is 68.5 Å². The van der Waals surface area contributed by atoms with Crippen LogP contribution in [0.25, 0.3) is 0 Å². The van der Waals surface area contributed by atoms with E-state index >= 15 is 0 Å². The number of nitrogens with zero attached hydrogens (tertiary/aromatic N) is 8. The normalized spacial score (nSPS) is 15.8. The van der Waals surface area contributed by atoms with Crippen LogP contribution < -0.4 is 71.1 Å². The molecule has 0 aromatic heterocycles. The highest BCUT2D eigenvalue weighted by molar-refractivity contribution is 6.19. The number of ether oxygens (including phenoxy) is 15. The highest BCUT2D eigenvalue weighted by Gasteiger charge is 2.32. The minimum Gasteiger partial charge on any atom is -0.496 e. The zero-order valence-electron chi connectivity index (χ0n) is 68.4. The monoisotopic (exact) mass is 1510 g/mol. The second-order valence-corrected chi connectivity index (χ2v) is 26.2. The van der Waals surface area contributed by atoms with Crippen molar-refractivity contribution < 1.29 is 71.1 Å². The van der Waals surface area contributed by atoms with E-state index in [9.17, 15) is 0 Å². The van der Waals surface area contributed by atoms with Gasteiger partial charge in [0.1, 0.15) is 28.6 Å². The number of hydrogen-bond donors (Lipinski definition) is 0. The second kappa shape index (κ2) is 38.5. The number of aryl methyl sites for hydroxylation is 1. The van der Waals surface area contributed by atoms with E-state index in [0.29, 0.717) is 80.5 Å². The van der Waals surface area contributed by atoms with E-state index in [1.165, 1.54) is 0 Å². The highest BCUT2D eigenvalue weighted by Crippen LogP contribution is 2.45. The lowest BCUT2D eigenvalue weighted by Crippen LogP contribution is -2.13. The molecule has 111 heavy (non-hydrogen) atoms. The lowest BCUT2D eigenvalue weighted by molar-refractivity contribution is 0.354. The summed E-state index contributed by atoms with van der Waals surface area (Å²) in [7, 11) is 24.5. The topological polar surface area (TPSA) is 237 Å². The molecule has 0 spiro atoms. The molecule has 8 aromatic carbocycles. The average Bonchev–Trinajstić information content (AvgIpc) is 1.72. The number of methoxy groups -OCH3 is 15. The Hall–Kier alpha value is -11.9. The summed E-state index contributed by atoms with van der Waals surface area (Å²) in [5.41, 5.74) is 20.1. The summed E-state index contributed by atoms with van der Waals surface area (Å²) in [6.07, 6.45) is 3.66. The van der Waals surface area contributed by atoms with Crippen LogP contribution in [0.1, 0.15) is 177 Å². The molecular formula is C88H104N8O15. The van der Waals surface area contributed by atoms with Gasteiger partial charge in [0.05, 0.1) is 107 Å². The SMILES string of the molecule is CC[C@@H]1C(C)=NN=C(c2ccc(C)c(OC)c2)c2cc(OC)c(OC)cc21.CC[C@@H]1C(C)=NN=C(c2ccc(OC)c(OC)c2)c2cc(OC)c(OC)cc21.CC[C@H]1C(C)=NN=C(c2ccc(OC)c(OC)c2)c2cc(OC)c(OC)cc21.CC[C@H]1C(C)=NN=C(c2ccc(OC)c(OC)c2)c2cc(OC)c(OC)cc21. The quantitative estimate of drug-likeness (QED) is 0.0579. The third-order valence-corrected chi connectivity index (χ3v) is 20.3. The van der Waals surface area contributed by atoms with Crippen molar-refractivity contribution in [3.05, 3.63) is 194 Å². The second-order valence-electron chi connectivity index (χ2n) is 26.2. The summed E-state index contributed by atoms with van der Waals surface area (Å²) in [5, 5.41) is 36.4. The van der Waals surface area contributed by atoms with Crippen LogP contribution in [0.3, 0.4) is 0 Å². The van der Waals surface area contributed by atoms with Gasteiger partial charge in [-0.2, -0.15) is 20.4 Å². The Bertz CT molecular complexity index is 4580. The van der Waals surface area contributed by atoms with Crippen molar-refractivity contribution >= 4 is 45.7 Å². The molecule has 0 amide bonds. The van der Waals surface area contributed by atoms with Gasteiger partial charge < -0.3 is 71.1 Å². The van der Waals surface area contributed by atoms with Gasteiger partial charge in [0, 0.05) is 91.0 Å². The standard InChI is InChI=1S/3C22H26N2O4.C22H26N2O3/c3*1-7-15-13(2)23-24-22(14-8-9-18(25-3)19(10-14)26-4)17-12-21(28-6)20(27-5)11-16(15)17;1-7-16-14(3)23-24-22(15-9-8-13(2)19(10-15)25-4)18-12-21(27-6)20(26-5)11-17(16)18/h3*8-12,15H,7H2,1-6H3;8-12,16H,7H2,1-6H3/t3*15-;16-/m1001/s1. The Morgan fingerprint density at radius 1 is 0.207 bits per heavy atom. The van der Waals surface area contributed by atoms with Crippen molar-refractivity contribution in [3.63, 3.8) is 0 Å². The van der Waals surface area contributed by atoms with E-state index < -0.39 is 0 Å². The number of rotatable bonds is 23. The van der Waals surface area contributed by atoms with Crippen LogP contribution in [0.5, 0.6) is 86.2 Å². The maximum Gasteiger partial charge on any atom is 0.161 e. The lowest BCUT2D eigenvalue weighted by atomic mass is 9.85. The Kier molecular flexibility index (Phi) is 28.8. The fourth-order valence-electron chi connectivity index (χ4n) is 14.3. The number of benzene rings is 8. The first kappa shape index (κ1) is 83.2. The van der Waals surface area contributed by atoms with Crippen LogP contribution in [-0.2, 0) is 0 Å². The van der Waals surface area contributed by atoms with E-state index in [0.717, 1.165) is 149 Å². The highest BCUT2D eigenvalue weighted by atomic mass is 16.5. The fourth-order valence-corrected chi connectivity index (χ4v) is 14.3. The third-order valence-electron chi connectivity index (χ3n) is 20.3. The zero-order chi connectivity index (χ0) is 80.3. The van der Waals surface area contributed by atoms with Crippen molar-refractivity contribution in [3.8, 4) is 86.2 Å². The van der Waals surface area contributed by atoms with Crippen LogP contribution in [0, 0.1) is 6.92 Å². The molecule has 0 saturated heterocycles. The first-order valence-electron chi connectivity index (χ1n) is 36.6. The van der Waals surface area contributed by atoms with Gasteiger partial charge in [0.2, 0.25) is 0 Å². The van der Waals surface area contributed by atoms with E-state index in [1.807, 2.05) is 156 Å². The first-order valence-corrected chi connectivity index (χ1v) is 36.6. The van der Waals surface area contributed by atoms with Crippen LogP contribution in [0.4, 0.5) is 0 Å². The van der Waals surface area contributed by atoms with Crippen molar-refractivity contribution in [1.29, 1.82) is 0 Å². The molecule has 4 heterocycles. The van der Waals surface area contributed by atoms with E-state index in [1.54, 1.807) is 107 Å². The van der Waals surface area contributed by atoms with Gasteiger partial charge in [-0.15, -0.1) is 20.4 Å². The average molecular weight is 1510 g/mol. The van der Waals surface area contributed by atoms with E-state index in [4.69, 9.17) is 71.1 Å². The predicted molar refractivity (Wildman–Crippen MR) is 442 cm³/mol. The van der Waals surface area contributed by atoms with Crippen LogP contribution in [0.2, 0.25) is 0 Å². The molecule has 23 nitrogen and oxygen atoms in total. The summed E-state index contributed by atoms with van der Waals surface area (Å²) in [6.45, 7) is 18.7. The summed E-state index contributed by atoms with van der Waals surface area (Å²) in [6, 6.07) is 39.4. The van der Waals surface area contributed by atoms with Crippen molar-refractivity contribution in [1.82, 2.24) is 0 Å². The van der Waals surface area contributed by atoms with Crippen LogP contribution in [0.15, 0.2) is 162 Å². The molecule has 0 bridgehead atoms.